The molecule has 0 heterocycles. The summed E-state index contributed by atoms with van der Waals surface area (Å²) < 4.78 is 10.5. The van der Waals surface area contributed by atoms with Gasteiger partial charge < -0.3 is 14.8 Å². The first-order valence-electron chi connectivity index (χ1n) is 9.02. The van der Waals surface area contributed by atoms with E-state index in [4.69, 9.17) is 9.47 Å². The molecule has 138 valence electrons. The van der Waals surface area contributed by atoms with E-state index in [0.717, 1.165) is 24.0 Å². The first-order chi connectivity index (χ1) is 11.9. The number of ether oxygens (including phenoxy) is 2. The lowest BCUT2D eigenvalue weighted by Gasteiger charge is -2.34. The van der Waals surface area contributed by atoms with Crippen molar-refractivity contribution < 1.29 is 19.1 Å². The van der Waals surface area contributed by atoms with Crippen LogP contribution in [0.2, 0.25) is 0 Å². The van der Waals surface area contributed by atoms with Crippen molar-refractivity contribution in [3.05, 3.63) is 29.3 Å². The zero-order valence-electron chi connectivity index (χ0n) is 15.6. The Morgan fingerprint density at radius 2 is 1.92 bits per heavy atom. The van der Waals surface area contributed by atoms with Crippen molar-refractivity contribution in [3.8, 4) is 5.75 Å². The van der Waals surface area contributed by atoms with Crippen molar-refractivity contribution in [2.75, 3.05) is 13.2 Å². The average Bonchev–Trinajstić information content (AvgIpc) is 2.58. The minimum atomic E-state index is -0.541. The lowest BCUT2D eigenvalue weighted by Crippen LogP contribution is -2.45. The van der Waals surface area contributed by atoms with Gasteiger partial charge >= 0.3 is 5.97 Å². The number of carbonyl (C=O) groups excluding carboxylic acids is 2. The van der Waals surface area contributed by atoms with Crippen LogP contribution in [0.1, 0.15) is 44.2 Å². The van der Waals surface area contributed by atoms with E-state index in [1.165, 1.54) is 6.42 Å². The maximum atomic E-state index is 12.0. The molecule has 5 heteroatoms. The summed E-state index contributed by atoms with van der Waals surface area (Å²) in [4.78, 5) is 23.8. The van der Waals surface area contributed by atoms with Crippen molar-refractivity contribution in [1.82, 2.24) is 5.32 Å². The lowest BCUT2D eigenvalue weighted by atomic mass is 9.78. The summed E-state index contributed by atoms with van der Waals surface area (Å²) >= 11 is 0. The normalized spacial score (nSPS) is 23.0. The Bertz CT molecular complexity index is 614. The molecule has 1 aromatic rings. The number of hydrogen-bond acceptors (Lipinski definition) is 4. The molecule has 2 rings (SSSR count). The molecule has 0 unspecified atom stereocenters. The second kappa shape index (κ2) is 8.88. The molecule has 1 aromatic carbocycles. The highest BCUT2D eigenvalue weighted by atomic mass is 16.6. The fourth-order valence-electron chi connectivity index (χ4n) is 3.22. The molecule has 1 aliphatic carbocycles. The fourth-order valence-corrected chi connectivity index (χ4v) is 3.22. The maximum absolute atomic E-state index is 12.0. The van der Waals surface area contributed by atoms with E-state index < -0.39 is 5.97 Å². The van der Waals surface area contributed by atoms with Crippen LogP contribution in [0, 0.1) is 25.7 Å². The zero-order valence-corrected chi connectivity index (χ0v) is 15.6. The molecule has 25 heavy (non-hydrogen) atoms. The zero-order chi connectivity index (χ0) is 18.4. The van der Waals surface area contributed by atoms with Gasteiger partial charge in [0.1, 0.15) is 5.75 Å². The minimum absolute atomic E-state index is 0.168. The highest BCUT2D eigenvalue weighted by Gasteiger charge is 2.28. The smallest absolute Gasteiger partial charge is 0.344 e. The Labute approximate surface area is 150 Å². The van der Waals surface area contributed by atoms with Gasteiger partial charge in [-0.05, 0) is 49.3 Å². The number of carbonyl (C=O) groups is 2. The van der Waals surface area contributed by atoms with E-state index >= 15 is 0 Å². The van der Waals surface area contributed by atoms with Gasteiger partial charge in [0.25, 0.3) is 5.91 Å². The van der Waals surface area contributed by atoms with Gasteiger partial charge in [-0.3, -0.25) is 4.79 Å². The third kappa shape index (κ3) is 5.76. The quantitative estimate of drug-likeness (QED) is 0.803. The van der Waals surface area contributed by atoms with Crippen LogP contribution in [0.5, 0.6) is 5.75 Å². The lowest BCUT2D eigenvalue weighted by molar-refractivity contribution is -0.150. The monoisotopic (exact) mass is 347 g/mol. The van der Waals surface area contributed by atoms with Crippen molar-refractivity contribution >= 4 is 11.9 Å². The Hall–Kier alpha value is -2.04. The van der Waals surface area contributed by atoms with Crippen molar-refractivity contribution in [2.45, 2.75) is 53.0 Å². The van der Waals surface area contributed by atoms with E-state index in [1.807, 2.05) is 32.0 Å². The number of hydrogen-bond donors (Lipinski definition) is 1. The molecule has 5 nitrogen and oxygen atoms in total. The van der Waals surface area contributed by atoms with Crippen molar-refractivity contribution in [1.29, 1.82) is 0 Å². The number of rotatable bonds is 6. The summed E-state index contributed by atoms with van der Waals surface area (Å²) in [6.07, 6.45) is 3.32. The number of benzene rings is 1. The molecule has 0 spiro atoms. The molecular weight excluding hydrogens is 318 g/mol. The van der Waals surface area contributed by atoms with Gasteiger partial charge in [0.05, 0.1) is 0 Å². The number of esters is 1. The van der Waals surface area contributed by atoms with Gasteiger partial charge in [-0.25, -0.2) is 4.79 Å². The molecule has 1 amide bonds. The highest BCUT2D eigenvalue weighted by Crippen LogP contribution is 2.29. The summed E-state index contributed by atoms with van der Waals surface area (Å²) in [5.41, 5.74) is 2.01. The number of amides is 1. The van der Waals surface area contributed by atoms with Crippen molar-refractivity contribution in [3.63, 3.8) is 0 Å². The molecule has 0 saturated heterocycles. The molecule has 0 aromatic heterocycles. The van der Waals surface area contributed by atoms with E-state index in [1.54, 1.807) is 0 Å². The molecule has 1 aliphatic rings. The van der Waals surface area contributed by atoms with Crippen LogP contribution in [-0.4, -0.2) is 31.1 Å². The largest absolute Gasteiger partial charge is 0.482 e. The van der Waals surface area contributed by atoms with Crippen LogP contribution >= 0.6 is 0 Å². The predicted molar refractivity (Wildman–Crippen MR) is 96.5 cm³/mol. The van der Waals surface area contributed by atoms with Gasteiger partial charge in [0.2, 0.25) is 0 Å². The molecule has 1 saturated carbocycles. The Morgan fingerprint density at radius 1 is 1.16 bits per heavy atom. The average molecular weight is 347 g/mol. The standard InChI is InChI=1S/C20H29NO4/c1-13-8-9-15(3)18(10-13)24-12-20(23)25-11-19(22)21-17-7-5-6-14(2)16(17)4/h8-10,14,16-17H,5-7,11-12H2,1-4H3,(H,21,22)/t14-,16+,17-/m1/s1. The first-order valence-corrected chi connectivity index (χ1v) is 9.02. The van der Waals surface area contributed by atoms with E-state index in [9.17, 15) is 9.59 Å². The third-order valence-corrected chi connectivity index (χ3v) is 5.11. The van der Waals surface area contributed by atoms with Crippen LogP contribution in [0.15, 0.2) is 18.2 Å². The van der Waals surface area contributed by atoms with E-state index in [-0.39, 0.29) is 25.2 Å². The molecule has 1 N–H and O–H groups in total. The number of aryl methyl sites for hydroxylation is 2. The Morgan fingerprint density at radius 3 is 2.68 bits per heavy atom. The topological polar surface area (TPSA) is 64.6 Å². The summed E-state index contributed by atoms with van der Waals surface area (Å²) in [6.45, 7) is 7.80. The fraction of sp³-hybridized carbons (Fsp3) is 0.600. The van der Waals surface area contributed by atoms with Crippen LogP contribution in [0.4, 0.5) is 0 Å². The second-order valence-corrected chi connectivity index (χ2v) is 7.16. The van der Waals surface area contributed by atoms with Crippen LogP contribution in [0.3, 0.4) is 0 Å². The molecule has 0 bridgehead atoms. The molecule has 0 radical (unpaired) electrons. The first kappa shape index (κ1) is 19.3. The Kier molecular flexibility index (Phi) is 6.85. The van der Waals surface area contributed by atoms with E-state index in [0.29, 0.717) is 17.6 Å². The van der Waals surface area contributed by atoms with Gasteiger partial charge in [-0.15, -0.1) is 0 Å². The van der Waals surface area contributed by atoms with Crippen LogP contribution in [0.25, 0.3) is 0 Å². The summed E-state index contributed by atoms with van der Waals surface area (Å²) in [5, 5.41) is 2.99. The molecular formula is C20H29NO4. The van der Waals surface area contributed by atoms with E-state index in [2.05, 4.69) is 19.2 Å². The predicted octanol–water partition coefficient (Wildman–Crippen LogP) is 3.17. The summed E-state index contributed by atoms with van der Waals surface area (Å²) in [6, 6.07) is 5.97. The van der Waals surface area contributed by atoms with Crippen LogP contribution in [-0.2, 0) is 14.3 Å². The Balaban J connectivity index is 1.72. The van der Waals surface area contributed by atoms with Crippen LogP contribution < -0.4 is 10.1 Å². The number of nitrogens with one attached hydrogen (secondary N) is 1. The van der Waals surface area contributed by atoms with Gasteiger partial charge in [-0.2, -0.15) is 0 Å². The molecule has 3 atom stereocenters. The summed E-state index contributed by atoms with van der Waals surface area (Å²) in [7, 11) is 0. The second-order valence-electron chi connectivity index (χ2n) is 7.16. The third-order valence-electron chi connectivity index (χ3n) is 5.11. The maximum Gasteiger partial charge on any atom is 0.344 e. The molecule has 0 aliphatic heterocycles. The SMILES string of the molecule is Cc1ccc(C)c(OCC(=O)OCC(=O)N[C@@H]2CCC[C@@H](C)[C@@H]2C)c1. The summed E-state index contributed by atoms with van der Waals surface area (Å²) in [5.74, 6) is 0.923. The van der Waals surface area contributed by atoms with Gasteiger partial charge in [-0.1, -0.05) is 38.8 Å². The highest BCUT2D eigenvalue weighted by molar-refractivity contribution is 5.81. The van der Waals surface area contributed by atoms with Crippen molar-refractivity contribution in [2.24, 2.45) is 11.8 Å². The minimum Gasteiger partial charge on any atom is -0.482 e. The molecule has 1 fully saturated rings. The van der Waals surface area contributed by atoms with Gasteiger partial charge in [0.15, 0.2) is 13.2 Å². The van der Waals surface area contributed by atoms with Gasteiger partial charge in [0, 0.05) is 6.04 Å².